The van der Waals surface area contributed by atoms with E-state index in [1.165, 1.54) is 24.1 Å². The standard InChI is InChI=1S/C17H20N6O/c24-16(8-7-14-11-4-1-2-6-13(11)20-21-14)19-10-15-12-5-3-9-18-17(12)23-22-15/h3,5,9H,1-2,4,6-8,10H2,(H,19,24)(H,20,21)(H,18,22,23). The molecule has 0 spiro atoms. The van der Waals surface area contributed by atoms with Crippen LogP contribution in [0.3, 0.4) is 0 Å². The molecule has 1 amide bonds. The van der Waals surface area contributed by atoms with Crippen LogP contribution in [-0.4, -0.2) is 31.3 Å². The highest BCUT2D eigenvalue weighted by Crippen LogP contribution is 2.22. The fraction of sp³-hybridized carbons (Fsp3) is 0.412. The van der Waals surface area contributed by atoms with Gasteiger partial charge in [-0.1, -0.05) is 0 Å². The Hall–Kier alpha value is -2.70. The highest BCUT2D eigenvalue weighted by Gasteiger charge is 2.17. The second kappa shape index (κ2) is 6.43. The van der Waals surface area contributed by atoms with Gasteiger partial charge in [-0.05, 0) is 43.4 Å². The Morgan fingerprint density at radius 3 is 3.08 bits per heavy atom. The molecule has 0 fully saturated rings. The third-order valence-electron chi connectivity index (χ3n) is 4.60. The molecule has 0 radical (unpaired) electrons. The van der Waals surface area contributed by atoms with Gasteiger partial charge in [-0.2, -0.15) is 10.2 Å². The quantitative estimate of drug-likeness (QED) is 0.666. The first-order chi connectivity index (χ1) is 11.8. The number of amides is 1. The fourth-order valence-electron chi connectivity index (χ4n) is 3.30. The van der Waals surface area contributed by atoms with E-state index in [2.05, 4.69) is 30.7 Å². The Bertz CT molecular complexity index is 865. The van der Waals surface area contributed by atoms with E-state index >= 15 is 0 Å². The molecule has 0 atom stereocenters. The first-order valence-corrected chi connectivity index (χ1v) is 8.41. The number of hydrogen-bond acceptors (Lipinski definition) is 4. The van der Waals surface area contributed by atoms with Crippen molar-refractivity contribution >= 4 is 16.9 Å². The average Bonchev–Trinajstić information content (AvgIpc) is 3.22. The number of pyridine rings is 1. The van der Waals surface area contributed by atoms with E-state index in [1.54, 1.807) is 6.20 Å². The Balaban J connectivity index is 1.33. The van der Waals surface area contributed by atoms with Crippen LogP contribution in [-0.2, 0) is 30.6 Å². The molecule has 4 rings (SSSR count). The number of carbonyl (C=O) groups excluding carboxylic acids is 1. The number of aromatic amines is 2. The zero-order valence-electron chi connectivity index (χ0n) is 13.4. The fourth-order valence-corrected chi connectivity index (χ4v) is 3.30. The van der Waals surface area contributed by atoms with Crippen molar-refractivity contribution in [1.29, 1.82) is 0 Å². The Morgan fingerprint density at radius 2 is 2.12 bits per heavy atom. The summed E-state index contributed by atoms with van der Waals surface area (Å²) in [5.41, 5.74) is 5.19. The second-order valence-electron chi connectivity index (χ2n) is 6.19. The normalized spacial score (nSPS) is 13.8. The second-order valence-corrected chi connectivity index (χ2v) is 6.19. The lowest BCUT2D eigenvalue weighted by molar-refractivity contribution is -0.121. The van der Waals surface area contributed by atoms with E-state index in [4.69, 9.17) is 0 Å². The molecule has 3 aromatic rings. The van der Waals surface area contributed by atoms with E-state index in [-0.39, 0.29) is 5.91 Å². The molecule has 3 N–H and O–H groups in total. The molecule has 24 heavy (non-hydrogen) atoms. The van der Waals surface area contributed by atoms with Gasteiger partial charge in [-0.25, -0.2) is 4.98 Å². The van der Waals surface area contributed by atoms with Gasteiger partial charge >= 0.3 is 0 Å². The summed E-state index contributed by atoms with van der Waals surface area (Å²) >= 11 is 0. The number of carbonyl (C=O) groups is 1. The van der Waals surface area contributed by atoms with Gasteiger partial charge < -0.3 is 5.32 Å². The maximum absolute atomic E-state index is 12.1. The number of rotatable bonds is 5. The van der Waals surface area contributed by atoms with Crippen molar-refractivity contribution in [2.24, 2.45) is 0 Å². The van der Waals surface area contributed by atoms with Crippen molar-refractivity contribution in [3.05, 3.63) is 41.0 Å². The maximum atomic E-state index is 12.1. The molecular weight excluding hydrogens is 304 g/mol. The van der Waals surface area contributed by atoms with Gasteiger partial charge in [0.25, 0.3) is 0 Å². The Labute approximate surface area is 139 Å². The number of nitrogens with one attached hydrogen (secondary N) is 3. The van der Waals surface area contributed by atoms with Crippen molar-refractivity contribution in [2.75, 3.05) is 0 Å². The maximum Gasteiger partial charge on any atom is 0.220 e. The van der Waals surface area contributed by atoms with Crippen LogP contribution in [0.1, 0.15) is 41.9 Å². The zero-order chi connectivity index (χ0) is 16.4. The van der Waals surface area contributed by atoms with Gasteiger partial charge in [0.05, 0.1) is 17.9 Å². The van der Waals surface area contributed by atoms with Gasteiger partial charge in [0.15, 0.2) is 5.65 Å². The first kappa shape index (κ1) is 14.9. The minimum absolute atomic E-state index is 0.0224. The summed E-state index contributed by atoms with van der Waals surface area (Å²) in [7, 11) is 0. The van der Waals surface area contributed by atoms with Crippen molar-refractivity contribution in [2.45, 2.75) is 45.1 Å². The predicted octanol–water partition coefficient (Wildman–Crippen LogP) is 1.81. The molecule has 3 aromatic heterocycles. The van der Waals surface area contributed by atoms with E-state index in [0.29, 0.717) is 25.0 Å². The smallest absolute Gasteiger partial charge is 0.220 e. The van der Waals surface area contributed by atoms with E-state index in [9.17, 15) is 4.79 Å². The largest absolute Gasteiger partial charge is 0.350 e. The molecule has 0 saturated carbocycles. The SMILES string of the molecule is O=C(CCc1n[nH]c2c1CCCC2)NCc1[nH]nc2ncccc12. The lowest BCUT2D eigenvalue weighted by Gasteiger charge is -2.11. The van der Waals surface area contributed by atoms with Crippen LogP contribution in [0.2, 0.25) is 0 Å². The van der Waals surface area contributed by atoms with Crippen LogP contribution >= 0.6 is 0 Å². The molecule has 0 aliphatic heterocycles. The van der Waals surface area contributed by atoms with Gasteiger partial charge in [0.1, 0.15) is 0 Å². The van der Waals surface area contributed by atoms with Gasteiger partial charge in [-0.15, -0.1) is 0 Å². The lowest BCUT2D eigenvalue weighted by Crippen LogP contribution is -2.23. The van der Waals surface area contributed by atoms with Crippen LogP contribution in [0, 0.1) is 0 Å². The minimum atomic E-state index is 0.0224. The molecule has 124 valence electrons. The monoisotopic (exact) mass is 324 g/mol. The summed E-state index contributed by atoms with van der Waals surface area (Å²) in [5.74, 6) is 0.0224. The number of hydrogen-bond donors (Lipinski definition) is 3. The topological polar surface area (TPSA) is 99.3 Å². The summed E-state index contributed by atoms with van der Waals surface area (Å²) < 4.78 is 0. The highest BCUT2D eigenvalue weighted by molar-refractivity contribution is 5.79. The van der Waals surface area contributed by atoms with Crippen molar-refractivity contribution in [3.8, 4) is 0 Å². The molecular formula is C17H20N6O. The summed E-state index contributed by atoms with van der Waals surface area (Å²) in [6.07, 6.45) is 7.43. The van der Waals surface area contributed by atoms with Crippen LogP contribution in [0.5, 0.6) is 0 Å². The van der Waals surface area contributed by atoms with Crippen LogP contribution < -0.4 is 5.32 Å². The summed E-state index contributed by atoms with van der Waals surface area (Å²) in [5, 5.41) is 18.5. The molecule has 0 aromatic carbocycles. The number of aryl methyl sites for hydroxylation is 2. The van der Waals surface area contributed by atoms with Crippen LogP contribution in [0.4, 0.5) is 0 Å². The van der Waals surface area contributed by atoms with Gasteiger partial charge in [0, 0.05) is 30.1 Å². The molecule has 0 bridgehead atoms. The summed E-state index contributed by atoms with van der Waals surface area (Å²) in [6.45, 7) is 0.430. The Morgan fingerprint density at radius 1 is 1.21 bits per heavy atom. The third kappa shape index (κ3) is 2.89. The molecule has 7 nitrogen and oxygen atoms in total. The first-order valence-electron chi connectivity index (χ1n) is 8.41. The van der Waals surface area contributed by atoms with Crippen molar-refractivity contribution in [3.63, 3.8) is 0 Å². The van der Waals surface area contributed by atoms with Gasteiger partial charge in [-0.3, -0.25) is 15.0 Å². The highest BCUT2D eigenvalue weighted by atomic mass is 16.1. The summed E-state index contributed by atoms with van der Waals surface area (Å²) in [4.78, 5) is 16.3. The molecule has 1 aliphatic rings. The average molecular weight is 324 g/mol. The number of aromatic nitrogens is 5. The predicted molar refractivity (Wildman–Crippen MR) is 89.3 cm³/mol. The zero-order valence-corrected chi connectivity index (χ0v) is 13.4. The van der Waals surface area contributed by atoms with Crippen molar-refractivity contribution in [1.82, 2.24) is 30.7 Å². The molecule has 1 aliphatic carbocycles. The number of H-pyrrole nitrogens is 2. The Kier molecular flexibility index (Phi) is 3.98. The van der Waals surface area contributed by atoms with E-state index in [0.717, 1.165) is 29.6 Å². The number of nitrogens with zero attached hydrogens (tertiary/aromatic N) is 3. The lowest BCUT2D eigenvalue weighted by atomic mass is 9.94. The molecule has 0 unspecified atom stereocenters. The molecule has 7 heteroatoms. The summed E-state index contributed by atoms with van der Waals surface area (Å²) in [6, 6.07) is 3.81. The van der Waals surface area contributed by atoms with E-state index in [1.807, 2.05) is 12.1 Å². The van der Waals surface area contributed by atoms with Gasteiger partial charge in [0.2, 0.25) is 5.91 Å². The minimum Gasteiger partial charge on any atom is -0.350 e. The molecule has 0 saturated heterocycles. The number of fused-ring (bicyclic) bond motifs is 2. The van der Waals surface area contributed by atoms with E-state index < -0.39 is 0 Å². The molecule has 3 heterocycles. The van der Waals surface area contributed by atoms with Crippen molar-refractivity contribution < 1.29 is 4.79 Å². The van der Waals surface area contributed by atoms with Crippen LogP contribution in [0.25, 0.3) is 11.0 Å². The van der Waals surface area contributed by atoms with Crippen LogP contribution in [0.15, 0.2) is 18.3 Å². The third-order valence-corrected chi connectivity index (χ3v) is 4.60.